The Hall–Kier alpha value is -4.25. The molecule has 2 aromatic heterocycles. The van der Waals surface area contributed by atoms with Crippen molar-refractivity contribution in [2.45, 2.75) is 6.92 Å². The third kappa shape index (κ3) is 3.33. The molecule has 0 radical (unpaired) electrons. The second-order valence-electron chi connectivity index (χ2n) is 6.53. The van der Waals surface area contributed by atoms with E-state index in [-0.39, 0.29) is 17.2 Å². The Kier molecular flexibility index (Phi) is 4.86. The highest BCUT2D eigenvalue weighted by Crippen LogP contribution is 2.29. The van der Waals surface area contributed by atoms with Gasteiger partial charge in [-0.1, -0.05) is 12.1 Å². The first kappa shape index (κ1) is 19.1. The highest BCUT2D eigenvalue weighted by molar-refractivity contribution is 5.96. The Labute approximate surface area is 171 Å². The number of allylic oxidation sites excluding steroid dienone is 1. The summed E-state index contributed by atoms with van der Waals surface area (Å²) in [5, 5.41) is 20.5. The number of nitriles is 1. The summed E-state index contributed by atoms with van der Waals surface area (Å²) < 4.78 is 16.0. The number of esters is 1. The minimum atomic E-state index is -0.754. The van der Waals surface area contributed by atoms with Crippen molar-refractivity contribution in [2.24, 2.45) is 0 Å². The number of ether oxygens (including phenoxy) is 2. The van der Waals surface area contributed by atoms with Gasteiger partial charge >= 0.3 is 5.97 Å². The van der Waals surface area contributed by atoms with Crippen LogP contribution in [0.3, 0.4) is 0 Å². The van der Waals surface area contributed by atoms with Gasteiger partial charge in [-0.3, -0.25) is 0 Å². The summed E-state index contributed by atoms with van der Waals surface area (Å²) in [5.41, 5.74) is 2.37. The number of nitrogens with zero attached hydrogens (tertiary/aromatic N) is 2. The smallest absolute Gasteiger partial charge is 0.375 e. The third-order valence-electron chi connectivity index (χ3n) is 4.70. The molecule has 2 aromatic carbocycles. The topological polar surface area (TPSA) is 121 Å². The van der Waals surface area contributed by atoms with Gasteiger partial charge in [0.15, 0.2) is 18.2 Å². The van der Waals surface area contributed by atoms with Gasteiger partial charge in [0.05, 0.1) is 18.1 Å². The molecule has 0 saturated heterocycles. The molecule has 0 spiro atoms. The number of aromatic amines is 1. The summed E-state index contributed by atoms with van der Waals surface area (Å²) in [4.78, 5) is 19.7. The number of aryl methyl sites for hydroxylation is 1. The number of rotatable bonds is 5. The van der Waals surface area contributed by atoms with Crippen molar-refractivity contribution in [3.05, 3.63) is 65.4 Å². The maximum atomic E-state index is 12.5. The lowest BCUT2D eigenvalue weighted by Crippen LogP contribution is -2.09. The number of furan rings is 1. The first-order valence-electron chi connectivity index (χ1n) is 9.03. The largest absolute Gasteiger partial charge is 0.507 e. The molecule has 0 amide bonds. The lowest BCUT2D eigenvalue weighted by molar-refractivity contribution is 0.0468. The molecule has 30 heavy (non-hydrogen) atoms. The predicted octanol–water partition coefficient (Wildman–Crippen LogP) is 4.28. The van der Waals surface area contributed by atoms with Gasteiger partial charge in [0.1, 0.15) is 23.0 Å². The highest BCUT2D eigenvalue weighted by Gasteiger charge is 2.21. The number of para-hydroxylation sites is 2. The molecule has 0 aliphatic carbocycles. The van der Waals surface area contributed by atoms with E-state index >= 15 is 0 Å². The second kappa shape index (κ2) is 7.64. The first-order chi connectivity index (χ1) is 14.5. The lowest BCUT2D eigenvalue weighted by Gasteiger charge is -2.04. The summed E-state index contributed by atoms with van der Waals surface area (Å²) in [6.07, 6.45) is 0. The van der Waals surface area contributed by atoms with Gasteiger partial charge in [0.2, 0.25) is 5.76 Å². The van der Waals surface area contributed by atoms with Crippen LogP contribution in [0.4, 0.5) is 0 Å². The number of aliphatic hydroxyl groups excluding tert-OH is 1. The van der Waals surface area contributed by atoms with E-state index in [4.69, 9.17) is 13.9 Å². The van der Waals surface area contributed by atoms with Gasteiger partial charge in [0.25, 0.3) is 0 Å². The summed E-state index contributed by atoms with van der Waals surface area (Å²) in [6, 6.07) is 14.3. The number of hydrogen-bond donors (Lipinski definition) is 2. The molecular weight excluding hydrogens is 386 g/mol. The monoisotopic (exact) mass is 403 g/mol. The average molecular weight is 403 g/mol. The van der Waals surface area contributed by atoms with E-state index in [9.17, 15) is 15.2 Å². The Morgan fingerprint density at radius 2 is 2.10 bits per heavy atom. The molecule has 8 heteroatoms. The molecule has 0 unspecified atom stereocenters. The fraction of sp³-hybridized carbons (Fsp3) is 0.136. The quantitative estimate of drug-likeness (QED) is 0.290. The minimum Gasteiger partial charge on any atom is -0.507 e. The minimum absolute atomic E-state index is 0.0216. The zero-order valence-corrected chi connectivity index (χ0v) is 16.2. The number of aromatic nitrogens is 2. The zero-order chi connectivity index (χ0) is 21.3. The van der Waals surface area contributed by atoms with Crippen molar-refractivity contribution >= 4 is 33.5 Å². The van der Waals surface area contributed by atoms with E-state index in [0.717, 1.165) is 10.9 Å². The van der Waals surface area contributed by atoms with Crippen LogP contribution in [0.5, 0.6) is 5.75 Å². The van der Waals surface area contributed by atoms with Crippen LogP contribution in [0.2, 0.25) is 0 Å². The number of carbonyl (C=O) groups is 1. The molecule has 4 aromatic rings. The van der Waals surface area contributed by atoms with E-state index in [1.807, 2.05) is 18.2 Å². The fourth-order valence-corrected chi connectivity index (χ4v) is 3.12. The molecule has 2 heterocycles. The van der Waals surface area contributed by atoms with Crippen molar-refractivity contribution in [2.75, 3.05) is 13.7 Å². The standard InChI is InChI=1S/C22H17N3O5/c1-12-14-9-13(28-2)7-8-19(14)30-20(12)22(27)29-11-18(26)15(10-23)21-24-16-5-3-4-6-17(16)25-21/h3-9,26H,11H2,1-2H3,(H,24,25)/b18-15-. The Morgan fingerprint density at radius 3 is 2.83 bits per heavy atom. The SMILES string of the molecule is COc1ccc2oc(C(=O)OC/C(O)=C(\C#N)c3nc4ccccc4[nH]3)c(C)c2c1. The van der Waals surface area contributed by atoms with Crippen molar-refractivity contribution in [3.63, 3.8) is 0 Å². The Balaban J connectivity index is 1.57. The van der Waals surface area contributed by atoms with Crippen molar-refractivity contribution < 1.29 is 23.8 Å². The van der Waals surface area contributed by atoms with Gasteiger partial charge in [-0.25, -0.2) is 9.78 Å². The normalized spacial score (nSPS) is 11.9. The van der Waals surface area contributed by atoms with Gasteiger partial charge in [0, 0.05) is 10.9 Å². The van der Waals surface area contributed by atoms with Crippen LogP contribution >= 0.6 is 0 Å². The molecular formula is C22H17N3O5. The van der Waals surface area contributed by atoms with E-state index in [2.05, 4.69) is 9.97 Å². The zero-order valence-electron chi connectivity index (χ0n) is 16.2. The average Bonchev–Trinajstić information content (AvgIpc) is 3.33. The van der Waals surface area contributed by atoms with Crippen LogP contribution in [0, 0.1) is 18.3 Å². The number of methoxy groups -OCH3 is 1. The molecule has 150 valence electrons. The van der Waals surface area contributed by atoms with Crippen molar-refractivity contribution in [1.82, 2.24) is 9.97 Å². The summed E-state index contributed by atoms with van der Waals surface area (Å²) in [7, 11) is 1.55. The van der Waals surface area contributed by atoms with Crippen molar-refractivity contribution in [3.8, 4) is 11.8 Å². The van der Waals surface area contributed by atoms with E-state index in [1.165, 1.54) is 0 Å². The second-order valence-corrected chi connectivity index (χ2v) is 6.53. The molecule has 8 nitrogen and oxygen atoms in total. The van der Waals surface area contributed by atoms with Gasteiger partial charge in [-0.2, -0.15) is 5.26 Å². The first-order valence-corrected chi connectivity index (χ1v) is 9.03. The van der Waals surface area contributed by atoms with Crippen LogP contribution in [-0.4, -0.2) is 34.8 Å². The fourth-order valence-electron chi connectivity index (χ4n) is 3.12. The van der Waals surface area contributed by atoms with Crippen LogP contribution < -0.4 is 4.74 Å². The molecule has 2 N–H and O–H groups in total. The van der Waals surface area contributed by atoms with Gasteiger partial charge < -0.3 is 24.0 Å². The van der Waals surface area contributed by atoms with E-state index < -0.39 is 18.3 Å². The van der Waals surface area contributed by atoms with Gasteiger partial charge in [-0.05, 0) is 37.3 Å². The number of nitrogens with one attached hydrogen (secondary N) is 1. The van der Waals surface area contributed by atoms with Gasteiger partial charge in [-0.15, -0.1) is 0 Å². The number of aliphatic hydroxyl groups is 1. The number of fused-ring (bicyclic) bond motifs is 2. The number of imidazole rings is 1. The Bertz CT molecular complexity index is 1310. The maximum absolute atomic E-state index is 12.5. The summed E-state index contributed by atoms with van der Waals surface area (Å²) in [5.74, 6) is -0.319. The number of carbonyl (C=O) groups excluding carboxylic acids is 1. The number of benzene rings is 2. The molecule has 0 atom stereocenters. The molecule has 0 bridgehead atoms. The Morgan fingerprint density at radius 1 is 1.30 bits per heavy atom. The van der Waals surface area contributed by atoms with E-state index in [1.54, 1.807) is 44.4 Å². The van der Waals surface area contributed by atoms with Crippen LogP contribution in [-0.2, 0) is 4.74 Å². The molecule has 0 aliphatic rings. The number of hydrogen-bond acceptors (Lipinski definition) is 7. The number of H-pyrrole nitrogens is 1. The van der Waals surface area contributed by atoms with E-state index in [0.29, 0.717) is 22.4 Å². The highest BCUT2D eigenvalue weighted by atomic mass is 16.6. The molecule has 0 aliphatic heterocycles. The third-order valence-corrected chi connectivity index (χ3v) is 4.70. The molecule has 0 saturated carbocycles. The van der Waals surface area contributed by atoms with Crippen LogP contribution in [0.1, 0.15) is 21.9 Å². The molecule has 4 rings (SSSR count). The van der Waals surface area contributed by atoms with Crippen molar-refractivity contribution in [1.29, 1.82) is 5.26 Å². The van der Waals surface area contributed by atoms with Crippen LogP contribution in [0.15, 0.2) is 52.6 Å². The summed E-state index contributed by atoms with van der Waals surface area (Å²) in [6.45, 7) is 1.23. The van der Waals surface area contributed by atoms with Crippen LogP contribution in [0.25, 0.3) is 27.6 Å². The maximum Gasteiger partial charge on any atom is 0.375 e. The predicted molar refractivity (Wildman–Crippen MR) is 109 cm³/mol. The lowest BCUT2D eigenvalue weighted by atomic mass is 10.1. The molecule has 0 fully saturated rings. The summed E-state index contributed by atoms with van der Waals surface area (Å²) >= 11 is 0.